The van der Waals surface area contributed by atoms with Gasteiger partial charge in [0.15, 0.2) is 13.2 Å². The van der Waals surface area contributed by atoms with E-state index in [9.17, 15) is 28.5 Å². The Morgan fingerprint density at radius 3 is 2.35 bits per heavy atom. The molecule has 0 aliphatic heterocycles. The van der Waals surface area contributed by atoms with Gasteiger partial charge >= 0.3 is 11.9 Å². The Balaban J connectivity index is 0.903. The summed E-state index contributed by atoms with van der Waals surface area (Å²) in [6.07, 6.45) is 6.90. The van der Waals surface area contributed by atoms with Crippen LogP contribution >= 0.6 is 0 Å². The van der Waals surface area contributed by atoms with Crippen LogP contribution in [0, 0.1) is 0 Å². The molecule has 1 unspecified atom stereocenters. The zero-order chi connectivity index (χ0) is 46.3. The van der Waals surface area contributed by atoms with Crippen molar-refractivity contribution in [1.82, 2.24) is 29.9 Å². The zero-order valence-electron chi connectivity index (χ0n) is 36.5. The zero-order valence-corrected chi connectivity index (χ0v) is 37.4. The Morgan fingerprint density at radius 2 is 1.59 bits per heavy atom. The highest BCUT2D eigenvalue weighted by atomic mass is 32.2. The van der Waals surface area contributed by atoms with E-state index in [0.717, 1.165) is 65.5 Å². The van der Waals surface area contributed by atoms with Crippen LogP contribution in [0.5, 0.6) is 11.5 Å². The van der Waals surface area contributed by atoms with Crippen LogP contribution in [0.1, 0.15) is 54.1 Å². The maximum Gasteiger partial charge on any atom is 0.341 e. The third kappa shape index (κ3) is 10.3. The molecule has 1 aliphatic carbocycles. The van der Waals surface area contributed by atoms with Gasteiger partial charge in [0.05, 0.1) is 15.9 Å². The van der Waals surface area contributed by atoms with Crippen LogP contribution < -0.4 is 29.7 Å². The molecule has 2 heterocycles. The van der Waals surface area contributed by atoms with Gasteiger partial charge in [0.2, 0.25) is 0 Å². The number of nitrogens with one attached hydrogen (secondary N) is 4. The number of amides is 2. The van der Waals surface area contributed by atoms with E-state index in [1.165, 1.54) is 0 Å². The summed E-state index contributed by atoms with van der Waals surface area (Å²) in [6, 6.07) is 28.1. The highest BCUT2D eigenvalue weighted by Crippen LogP contribution is 2.37. The minimum absolute atomic E-state index is 0.0389. The van der Waals surface area contributed by atoms with Gasteiger partial charge in [-0.15, -0.1) is 0 Å². The highest BCUT2D eigenvalue weighted by Gasteiger charge is 2.26. The first-order valence-corrected chi connectivity index (χ1v) is 22.9. The SMILES string of the molecule is CN(C)c1cccc2c(S(=O)NCCNC(=O)COc3ccc(-c4nc5cc(C(=O)N[C@@H](Cc6c[nH]c7ccc(OCC(=O)O)cc67)C(=O)O)ccc5n4C4CCCCC4)cc3)cccc12. The van der Waals surface area contributed by atoms with Gasteiger partial charge in [0.1, 0.15) is 34.4 Å². The topological polar surface area (TPSA) is 217 Å². The van der Waals surface area contributed by atoms with Crippen molar-refractivity contribution >= 4 is 73.1 Å². The van der Waals surface area contributed by atoms with E-state index in [1.54, 1.807) is 48.7 Å². The predicted octanol–water partition coefficient (Wildman–Crippen LogP) is 6.61. The average Bonchev–Trinajstić information content (AvgIpc) is 3.91. The molecule has 8 rings (SSSR count). The number of aliphatic carboxylic acids is 2. The third-order valence-corrected chi connectivity index (χ3v) is 12.9. The molecule has 1 fully saturated rings. The summed E-state index contributed by atoms with van der Waals surface area (Å²) in [5, 5.41) is 27.2. The molecule has 1 aliphatic rings. The van der Waals surface area contributed by atoms with E-state index >= 15 is 0 Å². The van der Waals surface area contributed by atoms with Gasteiger partial charge in [-0.05, 0) is 91.2 Å². The molecule has 5 aromatic carbocycles. The summed E-state index contributed by atoms with van der Waals surface area (Å²) < 4.78 is 29.6. The quantitative estimate of drug-likeness (QED) is 0.0475. The molecule has 2 aromatic heterocycles. The molecule has 17 heteroatoms. The second-order valence-corrected chi connectivity index (χ2v) is 17.7. The number of fused-ring (bicyclic) bond motifs is 3. The van der Waals surface area contributed by atoms with Gasteiger partial charge in [-0.25, -0.2) is 23.5 Å². The number of carboxylic acid groups (broad SMARTS) is 2. The van der Waals surface area contributed by atoms with E-state index in [-0.39, 0.29) is 43.6 Å². The molecule has 6 N–H and O–H groups in total. The lowest BCUT2D eigenvalue weighted by atomic mass is 9.94. The summed E-state index contributed by atoms with van der Waals surface area (Å²) in [6.45, 7) is -0.189. The van der Waals surface area contributed by atoms with Crippen LogP contribution in [0.2, 0.25) is 0 Å². The maximum atomic E-state index is 13.7. The van der Waals surface area contributed by atoms with Gasteiger partial charge in [-0.3, -0.25) is 9.59 Å². The van der Waals surface area contributed by atoms with E-state index in [2.05, 4.69) is 24.9 Å². The van der Waals surface area contributed by atoms with Crippen LogP contribution in [0.25, 0.3) is 44.1 Å². The van der Waals surface area contributed by atoms with Gasteiger partial charge in [-0.1, -0.05) is 43.5 Å². The number of imidazole rings is 1. The second kappa shape index (κ2) is 20.3. The number of aromatic amines is 1. The Labute approximate surface area is 382 Å². The number of carbonyl (C=O) groups excluding carboxylic acids is 2. The maximum absolute atomic E-state index is 13.7. The molecule has 0 bridgehead atoms. The summed E-state index contributed by atoms with van der Waals surface area (Å²) >= 11 is 0. The van der Waals surface area contributed by atoms with E-state index in [4.69, 9.17) is 19.6 Å². The van der Waals surface area contributed by atoms with E-state index in [1.807, 2.05) is 73.6 Å². The number of anilines is 1. The Bertz CT molecular complexity index is 2940. The number of benzene rings is 5. The molecule has 0 spiro atoms. The lowest BCUT2D eigenvalue weighted by Gasteiger charge is -2.25. The Hall–Kier alpha value is -7.24. The molecule has 342 valence electrons. The lowest BCUT2D eigenvalue weighted by molar-refractivity contribution is -0.140. The third-order valence-electron chi connectivity index (χ3n) is 11.7. The van der Waals surface area contributed by atoms with Crippen molar-refractivity contribution in [2.45, 2.75) is 55.5 Å². The van der Waals surface area contributed by atoms with Crippen LogP contribution in [-0.2, 0) is 31.8 Å². The smallest absolute Gasteiger partial charge is 0.341 e. The van der Waals surface area contributed by atoms with Crippen molar-refractivity contribution in [2.75, 3.05) is 45.3 Å². The summed E-state index contributed by atoms with van der Waals surface area (Å²) in [4.78, 5) is 60.7. The summed E-state index contributed by atoms with van der Waals surface area (Å²) in [7, 11) is 2.46. The normalized spacial score (nSPS) is 13.9. The molecular formula is C49H51N7O9S. The Morgan fingerprint density at radius 1 is 0.848 bits per heavy atom. The first-order chi connectivity index (χ1) is 31.9. The van der Waals surface area contributed by atoms with Crippen molar-refractivity contribution in [3.63, 3.8) is 0 Å². The molecule has 16 nitrogen and oxygen atoms in total. The van der Waals surface area contributed by atoms with Crippen LogP contribution in [0.15, 0.2) is 108 Å². The molecule has 0 radical (unpaired) electrons. The number of carboxylic acids is 2. The minimum atomic E-state index is -1.48. The number of aromatic nitrogens is 3. The first kappa shape index (κ1) is 45.3. The molecule has 1 saturated carbocycles. The number of carbonyl (C=O) groups is 4. The lowest BCUT2D eigenvalue weighted by Crippen LogP contribution is -2.42. The van der Waals surface area contributed by atoms with Crippen molar-refractivity contribution in [1.29, 1.82) is 0 Å². The number of rotatable bonds is 19. The number of hydrogen-bond donors (Lipinski definition) is 6. The Kier molecular flexibility index (Phi) is 13.9. The average molecular weight is 914 g/mol. The fourth-order valence-electron chi connectivity index (χ4n) is 8.52. The van der Waals surface area contributed by atoms with Crippen molar-refractivity contribution < 1.29 is 43.1 Å². The largest absolute Gasteiger partial charge is 0.484 e. The van der Waals surface area contributed by atoms with Crippen LogP contribution in [0.4, 0.5) is 5.69 Å². The summed E-state index contributed by atoms with van der Waals surface area (Å²) in [5.74, 6) is -1.69. The second-order valence-electron chi connectivity index (χ2n) is 16.4. The van der Waals surface area contributed by atoms with Gasteiger partial charge in [-0.2, -0.15) is 0 Å². The fraction of sp³-hybridized carbons (Fsp3) is 0.286. The van der Waals surface area contributed by atoms with E-state index in [0.29, 0.717) is 38.4 Å². The molecule has 2 atom stereocenters. The van der Waals surface area contributed by atoms with Gasteiger partial charge in [0.25, 0.3) is 11.8 Å². The van der Waals surface area contributed by atoms with E-state index < -0.39 is 41.5 Å². The monoisotopic (exact) mass is 913 g/mol. The van der Waals surface area contributed by atoms with Crippen molar-refractivity contribution in [2.24, 2.45) is 0 Å². The minimum Gasteiger partial charge on any atom is -0.484 e. The predicted molar refractivity (Wildman–Crippen MR) is 253 cm³/mol. The van der Waals surface area contributed by atoms with Crippen LogP contribution in [-0.4, -0.2) is 99.2 Å². The molecule has 0 saturated heterocycles. The van der Waals surface area contributed by atoms with Crippen LogP contribution in [0.3, 0.4) is 0 Å². The van der Waals surface area contributed by atoms with Crippen molar-refractivity contribution in [3.05, 3.63) is 114 Å². The molecule has 7 aromatic rings. The standard InChI is InChI=1S/C49H51N7O9S/c1-55(2)42-12-6-11-37-36(42)10-7-13-44(37)66(63)52-23-22-50-45(57)28-64-34-17-14-30(15-18-34)47-53-40-24-31(16-21-43(40)56(47)33-8-4-3-5-9-33)48(60)54-41(49(61)62)25-32-27-51-39-20-19-35(26-38(32)39)65-29-46(58)59/h6-7,10-21,24,26-27,33,41,51-52H,3-5,8-9,22-23,25,28-29H2,1-2H3,(H,50,57)(H,54,60)(H,58,59)(H,61,62)/t41-,66?/m0/s1. The molecular weight excluding hydrogens is 863 g/mol. The van der Waals surface area contributed by atoms with Gasteiger partial charge in [0, 0.05) is 84.3 Å². The number of ether oxygens (including phenoxy) is 2. The molecule has 2 amide bonds. The number of nitrogens with zero attached hydrogens (tertiary/aromatic N) is 3. The fourth-order valence-corrected chi connectivity index (χ4v) is 9.54. The highest BCUT2D eigenvalue weighted by molar-refractivity contribution is 7.83. The number of hydrogen-bond acceptors (Lipinski definition) is 9. The molecule has 66 heavy (non-hydrogen) atoms. The number of H-pyrrole nitrogens is 1. The summed E-state index contributed by atoms with van der Waals surface area (Å²) in [5.41, 5.74) is 4.87. The van der Waals surface area contributed by atoms with Crippen molar-refractivity contribution in [3.8, 4) is 22.9 Å². The van der Waals surface area contributed by atoms with Gasteiger partial charge < -0.3 is 44.8 Å². The first-order valence-electron chi connectivity index (χ1n) is 21.8.